The third kappa shape index (κ3) is 3.88. The van der Waals surface area contributed by atoms with Gasteiger partial charge < -0.3 is 10.5 Å². The molecule has 0 aromatic carbocycles. The fourth-order valence-corrected chi connectivity index (χ4v) is 1.14. The molecule has 0 aliphatic rings. The summed E-state index contributed by atoms with van der Waals surface area (Å²) < 4.78 is 5.52. The van der Waals surface area contributed by atoms with Gasteiger partial charge in [-0.1, -0.05) is 20.8 Å². The zero-order valence-corrected chi connectivity index (χ0v) is 9.95. The highest BCUT2D eigenvalue weighted by atomic mass is 16.5. The second-order valence-corrected chi connectivity index (χ2v) is 4.95. The summed E-state index contributed by atoms with van der Waals surface area (Å²) in [5.74, 6) is 0.791. The van der Waals surface area contributed by atoms with Crippen molar-refractivity contribution in [3.63, 3.8) is 0 Å². The van der Waals surface area contributed by atoms with E-state index in [-0.39, 0.29) is 11.5 Å². The van der Waals surface area contributed by atoms with E-state index in [0.717, 1.165) is 5.75 Å². The van der Waals surface area contributed by atoms with Crippen molar-refractivity contribution in [3.05, 3.63) is 24.0 Å². The van der Waals surface area contributed by atoms with Gasteiger partial charge in [0.25, 0.3) is 0 Å². The van der Waals surface area contributed by atoms with Crippen LogP contribution >= 0.6 is 0 Å². The van der Waals surface area contributed by atoms with E-state index in [1.165, 1.54) is 5.56 Å². The first kappa shape index (κ1) is 12.0. The molecule has 0 bridgehead atoms. The molecule has 0 aliphatic carbocycles. The number of pyridine rings is 1. The molecule has 0 unspecified atom stereocenters. The summed E-state index contributed by atoms with van der Waals surface area (Å²) in [6.07, 6.45) is 3.59. The van der Waals surface area contributed by atoms with Crippen molar-refractivity contribution in [3.8, 4) is 5.75 Å². The number of hydrogen-bond acceptors (Lipinski definition) is 3. The Hall–Kier alpha value is -1.09. The fraction of sp³-hybridized carbons (Fsp3) is 0.583. The van der Waals surface area contributed by atoms with Crippen LogP contribution in [0.2, 0.25) is 0 Å². The molecule has 1 atom stereocenters. The first-order valence-electron chi connectivity index (χ1n) is 5.23. The predicted octanol–water partition coefficient (Wildman–Crippen LogP) is 2.11. The Morgan fingerprint density at radius 3 is 2.60 bits per heavy atom. The third-order valence-corrected chi connectivity index (χ3v) is 2.09. The molecule has 0 amide bonds. The molecular weight excluding hydrogens is 188 g/mol. The Kier molecular flexibility index (Phi) is 3.69. The molecule has 2 N–H and O–H groups in total. The highest BCUT2D eigenvalue weighted by Gasteiger charge is 2.14. The molecule has 1 heterocycles. The van der Waals surface area contributed by atoms with Crippen molar-refractivity contribution >= 4 is 0 Å². The molecule has 0 saturated heterocycles. The highest BCUT2D eigenvalue weighted by Crippen LogP contribution is 2.24. The minimum Gasteiger partial charge on any atom is -0.490 e. The van der Waals surface area contributed by atoms with E-state index < -0.39 is 0 Å². The molecule has 0 aliphatic heterocycles. The smallest absolute Gasteiger partial charge is 0.137 e. The van der Waals surface area contributed by atoms with Crippen molar-refractivity contribution in [2.75, 3.05) is 6.61 Å². The van der Waals surface area contributed by atoms with Gasteiger partial charge in [0, 0.05) is 12.2 Å². The lowest BCUT2D eigenvalue weighted by Crippen LogP contribution is -2.23. The van der Waals surface area contributed by atoms with Crippen LogP contribution in [0.25, 0.3) is 0 Å². The second kappa shape index (κ2) is 4.62. The largest absolute Gasteiger partial charge is 0.490 e. The topological polar surface area (TPSA) is 48.1 Å². The van der Waals surface area contributed by atoms with Crippen LogP contribution in [0.3, 0.4) is 0 Å². The molecule has 1 rings (SSSR count). The first-order valence-corrected chi connectivity index (χ1v) is 5.23. The maximum atomic E-state index is 5.62. The maximum absolute atomic E-state index is 5.62. The van der Waals surface area contributed by atoms with Gasteiger partial charge in [-0.3, -0.25) is 4.98 Å². The van der Waals surface area contributed by atoms with Crippen LogP contribution in [-0.2, 0) is 5.41 Å². The van der Waals surface area contributed by atoms with Crippen LogP contribution in [0.15, 0.2) is 18.5 Å². The van der Waals surface area contributed by atoms with Crippen molar-refractivity contribution in [2.24, 2.45) is 5.73 Å². The van der Waals surface area contributed by atoms with Gasteiger partial charge in [-0.05, 0) is 24.0 Å². The monoisotopic (exact) mass is 208 g/mol. The van der Waals surface area contributed by atoms with E-state index in [1.54, 1.807) is 6.20 Å². The SMILES string of the molecule is C[C@H](N)COc1cncc(C(C)(C)C)c1. The summed E-state index contributed by atoms with van der Waals surface area (Å²) in [4.78, 5) is 4.16. The van der Waals surface area contributed by atoms with E-state index in [9.17, 15) is 0 Å². The lowest BCUT2D eigenvalue weighted by molar-refractivity contribution is 0.294. The predicted molar refractivity (Wildman–Crippen MR) is 62.1 cm³/mol. The molecule has 15 heavy (non-hydrogen) atoms. The molecule has 0 radical (unpaired) electrons. The van der Waals surface area contributed by atoms with Gasteiger partial charge in [0.15, 0.2) is 0 Å². The second-order valence-electron chi connectivity index (χ2n) is 4.95. The van der Waals surface area contributed by atoms with Crippen LogP contribution in [0, 0.1) is 0 Å². The van der Waals surface area contributed by atoms with Crippen molar-refractivity contribution < 1.29 is 4.74 Å². The minimum atomic E-state index is 0.0447. The Balaban J connectivity index is 2.75. The number of nitrogens with two attached hydrogens (primary N) is 1. The van der Waals surface area contributed by atoms with E-state index >= 15 is 0 Å². The Bertz CT molecular complexity index is 316. The fourth-order valence-electron chi connectivity index (χ4n) is 1.14. The quantitative estimate of drug-likeness (QED) is 0.827. The summed E-state index contributed by atoms with van der Waals surface area (Å²) in [6, 6.07) is 2.07. The lowest BCUT2D eigenvalue weighted by Gasteiger charge is -2.19. The van der Waals surface area contributed by atoms with Gasteiger partial charge in [-0.15, -0.1) is 0 Å². The van der Waals surface area contributed by atoms with Crippen LogP contribution in [0.1, 0.15) is 33.3 Å². The number of aromatic nitrogens is 1. The van der Waals surface area contributed by atoms with Crippen molar-refractivity contribution in [1.29, 1.82) is 0 Å². The lowest BCUT2D eigenvalue weighted by atomic mass is 9.88. The molecule has 0 saturated carbocycles. The first-order chi connectivity index (χ1) is 6.89. The summed E-state index contributed by atoms with van der Waals surface area (Å²) in [5.41, 5.74) is 6.89. The molecule has 0 spiro atoms. The Morgan fingerprint density at radius 2 is 2.07 bits per heavy atom. The van der Waals surface area contributed by atoms with E-state index in [0.29, 0.717) is 6.61 Å². The summed E-state index contributed by atoms with van der Waals surface area (Å²) in [6.45, 7) is 8.90. The van der Waals surface area contributed by atoms with Crippen LogP contribution in [-0.4, -0.2) is 17.6 Å². The Labute approximate surface area is 91.7 Å². The van der Waals surface area contributed by atoms with Crippen LogP contribution < -0.4 is 10.5 Å². The Morgan fingerprint density at radius 1 is 1.40 bits per heavy atom. The molecule has 3 heteroatoms. The molecule has 84 valence electrons. The summed E-state index contributed by atoms with van der Waals surface area (Å²) in [7, 11) is 0. The molecule has 1 aromatic heterocycles. The molecule has 3 nitrogen and oxygen atoms in total. The number of nitrogens with zero attached hydrogens (tertiary/aromatic N) is 1. The van der Waals surface area contributed by atoms with Gasteiger partial charge >= 0.3 is 0 Å². The number of ether oxygens (including phenoxy) is 1. The summed E-state index contributed by atoms with van der Waals surface area (Å²) >= 11 is 0. The van der Waals surface area contributed by atoms with E-state index in [1.807, 2.05) is 19.2 Å². The number of rotatable bonds is 3. The van der Waals surface area contributed by atoms with Crippen LogP contribution in [0.5, 0.6) is 5.75 Å². The van der Waals surface area contributed by atoms with Crippen molar-refractivity contribution in [2.45, 2.75) is 39.2 Å². The zero-order chi connectivity index (χ0) is 11.5. The van der Waals surface area contributed by atoms with Gasteiger partial charge in [0.05, 0.1) is 6.20 Å². The average Bonchev–Trinajstić information content (AvgIpc) is 2.14. The van der Waals surface area contributed by atoms with E-state index in [2.05, 4.69) is 25.8 Å². The highest BCUT2D eigenvalue weighted by molar-refractivity contribution is 5.28. The van der Waals surface area contributed by atoms with E-state index in [4.69, 9.17) is 10.5 Å². The van der Waals surface area contributed by atoms with Gasteiger partial charge in [-0.25, -0.2) is 0 Å². The van der Waals surface area contributed by atoms with Gasteiger partial charge in [0.1, 0.15) is 12.4 Å². The average molecular weight is 208 g/mol. The summed E-state index contributed by atoms with van der Waals surface area (Å²) in [5, 5.41) is 0. The normalized spacial score (nSPS) is 13.7. The van der Waals surface area contributed by atoms with Crippen molar-refractivity contribution in [1.82, 2.24) is 4.98 Å². The van der Waals surface area contributed by atoms with Gasteiger partial charge in [-0.2, -0.15) is 0 Å². The standard InChI is InChI=1S/C12H20N2O/c1-9(13)8-15-11-5-10(6-14-7-11)12(2,3)4/h5-7,9H,8,13H2,1-4H3/t9-/m0/s1. The molecule has 0 fully saturated rings. The molecule has 1 aromatic rings. The maximum Gasteiger partial charge on any atom is 0.137 e. The molecular formula is C12H20N2O. The zero-order valence-electron chi connectivity index (χ0n) is 9.95. The third-order valence-electron chi connectivity index (χ3n) is 2.09. The minimum absolute atomic E-state index is 0.0447. The van der Waals surface area contributed by atoms with Gasteiger partial charge in [0.2, 0.25) is 0 Å². The number of hydrogen-bond donors (Lipinski definition) is 1. The van der Waals surface area contributed by atoms with Crippen LogP contribution in [0.4, 0.5) is 0 Å².